The molecule has 1 N–H and O–H groups in total. The summed E-state index contributed by atoms with van der Waals surface area (Å²) in [4.78, 5) is 24.3. The normalized spacial score (nSPS) is 12.6. The number of amides is 1. The Balaban J connectivity index is 2.41. The van der Waals surface area contributed by atoms with Crippen molar-refractivity contribution in [2.24, 2.45) is 0 Å². The minimum absolute atomic E-state index is 0.262. The largest absolute Gasteiger partial charge is 0.455 e. The molecule has 0 fully saturated rings. The molecule has 1 aromatic carbocycles. The number of benzene rings is 1. The van der Waals surface area contributed by atoms with E-state index in [4.69, 9.17) is 16.3 Å². The van der Waals surface area contributed by atoms with Crippen LogP contribution in [0.1, 0.15) is 27.7 Å². The lowest BCUT2D eigenvalue weighted by atomic mass is 10.1. The smallest absolute Gasteiger partial charge is 0.319 e. The molecule has 0 saturated carbocycles. The van der Waals surface area contributed by atoms with Crippen molar-refractivity contribution < 1.29 is 14.3 Å². The molecular formula is C15H20ClNO3S. The van der Waals surface area contributed by atoms with Gasteiger partial charge in [0.2, 0.25) is 0 Å². The third-order valence-corrected chi connectivity index (χ3v) is 3.66. The highest BCUT2D eigenvalue weighted by atomic mass is 35.5. The Morgan fingerprint density at radius 2 is 1.86 bits per heavy atom. The van der Waals surface area contributed by atoms with Crippen molar-refractivity contribution in [1.29, 1.82) is 0 Å². The molecule has 0 heterocycles. The van der Waals surface area contributed by atoms with Gasteiger partial charge in [-0.05, 0) is 52.0 Å². The summed E-state index contributed by atoms with van der Waals surface area (Å²) in [7, 11) is 0. The van der Waals surface area contributed by atoms with Gasteiger partial charge in [0, 0.05) is 15.5 Å². The van der Waals surface area contributed by atoms with E-state index < -0.39 is 11.2 Å². The number of halogens is 1. The second-order valence-electron chi connectivity index (χ2n) is 5.62. The molecule has 0 unspecified atom stereocenters. The van der Waals surface area contributed by atoms with E-state index in [0.717, 1.165) is 4.90 Å². The van der Waals surface area contributed by atoms with Crippen molar-refractivity contribution in [3.05, 3.63) is 29.3 Å². The van der Waals surface area contributed by atoms with Crippen LogP contribution < -0.4 is 5.32 Å². The van der Waals surface area contributed by atoms with Crippen LogP contribution in [0.15, 0.2) is 29.2 Å². The fourth-order valence-electron chi connectivity index (χ4n) is 1.47. The van der Waals surface area contributed by atoms with Crippen molar-refractivity contribution in [1.82, 2.24) is 5.32 Å². The fraction of sp³-hybridized carbons (Fsp3) is 0.467. The fourth-order valence-corrected chi connectivity index (χ4v) is 2.47. The predicted octanol–water partition coefficient (Wildman–Crippen LogP) is 3.28. The second-order valence-corrected chi connectivity index (χ2v) is 7.47. The average Bonchev–Trinajstić information content (AvgIpc) is 2.36. The summed E-state index contributed by atoms with van der Waals surface area (Å²) in [5.74, 6) is -0.724. The lowest BCUT2D eigenvalue weighted by Gasteiger charge is -2.20. The Morgan fingerprint density at radius 3 is 2.38 bits per heavy atom. The summed E-state index contributed by atoms with van der Waals surface area (Å²) < 4.78 is 5.01. The Labute approximate surface area is 134 Å². The molecular weight excluding hydrogens is 310 g/mol. The van der Waals surface area contributed by atoms with Gasteiger partial charge >= 0.3 is 5.97 Å². The number of carbonyl (C=O) groups is 2. The molecule has 0 spiro atoms. The van der Waals surface area contributed by atoms with Crippen LogP contribution in [0.25, 0.3) is 0 Å². The molecule has 1 atom stereocenters. The first kappa shape index (κ1) is 17.9. The molecule has 21 heavy (non-hydrogen) atoms. The number of nitrogens with one attached hydrogen (secondary N) is 1. The molecule has 0 saturated heterocycles. The van der Waals surface area contributed by atoms with E-state index in [1.165, 1.54) is 11.8 Å². The van der Waals surface area contributed by atoms with E-state index in [1.807, 2.05) is 32.9 Å². The Kier molecular flexibility index (Phi) is 6.55. The van der Waals surface area contributed by atoms with Gasteiger partial charge in [0.1, 0.15) is 5.25 Å². The topological polar surface area (TPSA) is 55.4 Å². The van der Waals surface area contributed by atoms with E-state index in [0.29, 0.717) is 5.02 Å². The molecule has 0 aliphatic carbocycles. The molecule has 6 heteroatoms. The lowest BCUT2D eigenvalue weighted by molar-refractivity contribution is -0.148. The molecule has 1 rings (SSSR count). The lowest BCUT2D eigenvalue weighted by Crippen LogP contribution is -2.43. The van der Waals surface area contributed by atoms with Gasteiger partial charge in [-0.15, -0.1) is 11.8 Å². The number of hydrogen-bond acceptors (Lipinski definition) is 4. The summed E-state index contributed by atoms with van der Waals surface area (Å²) in [6.45, 7) is 7.08. The Morgan fingerprint density at radius 1 is 1.29 bits per heavy atom. The highest BCUT2D eigenvalue weighted by Gasteiger charge is 2.19. The number of hydrogen-bond donors (Lipinski definition) is 1. The van der Waals surface area contributed by atoms with Gasteiger partial charge in [-0.2, -0.15) is 0 Å². The highest BCUT2D eigenvalue weighted by molar-refractivity contribution is 8.00. The molecule has 0 aliphatic heterocycles. The number of rotatable bonds is 5. The predicted molar refractivity (Wildman–Crippen MR) is 85.6 cm³/mol. The SMILES string of the molecule is C[C@H](Sc1ccc(Cl)cc1)C(=O)OCC(=O)NC(C)(C)C. The molecule has 0 aromatic heterocycles. The summed E-state index contributed by atoms with van der Waals surface area (Å²) in [5, 5.41) is 2.98. The van der Waals surface area contributed by atoms with Crippen LogP contribution in [0.4, 0.5) is 0 Å². The van der Waals surface area contributed by atoms with Crippen LogP contribution in [0, 0.1) is 0 Å². The van der Waals surface area contributed by atoms with Gasteiger partial charge in [-0.1, -0.05) is 11.6 Å². The van der Waals surface area contributed by atoms with Crippen LogP contribution in [0.3, 0.4) is 0 Å². The first-order chi connectivity index (χ1) is 9.67. The van der Waals surface area contributed by atoms with Crippen LogP contribution in [0.2, 0.25) is 5.02 Å². The van der Waals surface area contributed by atoms with Gasteiger partial charge in [-0.25, -0.2) is 0 Å². The Bertz CT molecular complexity index is 497. The van der Waals surface area contributed by atoms with Crippen molar-refractivity contribution in [2.75, 3.05) is 6.61 Å². The third-order valence-electron chi connectivity index (χ3n) is 2.32. The average molecular weight is 330 g/mol. The minimum Gasteiger partial charge on any atom is -0.455 e. The van der Waals surface area contributed by atoms with E-state index in [-0.39, 0.29) is 18.1 Å². The van der Waals surface area contributed by atoms with Gasteiger partial charge in [0.05, 0.1) is 0 Å². The van der Waals surface area contributed by atoms with Gasteiger partial charge < -0.3 is 10.1 Å². The molecule has 0 radical (unpaired) electrons. The summed E-state index contributed by atoms with van der Waals surface area (Å²) in [6, 6.07) is 7.20. The summed E-state index contributed by atoms with van der Waals surface area (Å²) >= 11 is 7.16. The maximum Gasteiger partial charge on any atom is 0.319 e. The molecule has 0 bridgehead atoms. The van der Waals surface area contributed by atoms with Crippen LogP contribution in [-0.2, 0) is 14.3 Å². The van der Waals surface area contributed by atoms with Crippen molar-refractivity contribution in [3.63, 3.8) is 0 Å². The zero-order valence-corrected chi connectivity index (χ0v) is 14.2. The van der Waals surface area contributed by atoms with Crippen molar-refractivity contribution >= 4 is 35.2 Å². The quantitative estimate of drug-likeness (QED) is 0.665. The monoisotopic (exact) mass is 329 g/mol. The maximum absolute atomic E-state index is 11.8. The van der Waals surface area contributed by atoms with E-state index in [9.17, 15) is 9.59 Å². The zero-order valence-electron chi connectivity index (χ0n) is 12.6. The van der Waals surface area contributed by atoms with Gasteiger partial charge in [0.15, 0.2) is 6.61 Å². The second kappa shape index (κ2) is 7.71. The number of thioether (sulfide) groups is 1. The first-order valence-corrected chi connectivity index (χ1v) is 7.83. The molecule has 116 valence electrons. The van der Waals surface area contributed by atoms with Crippen LogP contribution in [0.5, 0.6) is 0 Å². The standard InChI is InChI=1S/C15H20ClNO3S/c1-10(21-12-7-5-11(16)6-8-12)14(19)20-9-13(18)17-15(2,3)4/h5-8,10H,9H2,1-4H3,(H,17,18)/t10-/m0/s1. The van der Waals surface area contributed by atoms with Gasteiger partial charge in [-0.3, -0.25) is 9.59 Å². The van der Waals surface area contributed by atoms with Crippen molar-refractivity contribution in [3.8, 4) is 0 Å². The Hall–Kier alpha value is -1.20. The van der Waals surface area contributed by atoms with Crippen molar-refractivity contribution in [2.45, 2.75) is 43.4 Å². The number of ether oxygens (including phenoxy) is 1. The molecule has 1 amide bonds. The van der Waals surface area contributed by atoms with E-state index in [2.05, 4.69) is 5.32 Å². The van der Waals surface area contributed by atoms with E-state index in [1.54, 1.807) is 19.1 Å². The van der Waals surface area contributed by atoms with Crippen LogP contribution in [-0.4, -0.2) is 29.3 Å². The van der Waals surface area contributed by atoms with Gasteiger partial charge in [0.25, 0.3) is 5.91 Å². The first-order valence-electron chi connectivity index (χ1n) is 6.57. The zero-order chi connectivity index (χ0) is 16.0. The highest BCUT2D eigenvalue weighted by Crippen LogP contribution is 2.25. The summed E-state index contributed by atoms with van der Waals surface area (Å²) in [5.41, 5.74) is -0.340. The maximum atomic E-state index is 11.8. The molecule has 0 aliphatic rings. The third kappa shape index (κ3) is 7.39. The number of esters is 1. The molecule has 4 nitrogen and oxygen atoms in total. The van der Waals surface area contributed by atoms with Crippen LogP contribution >= 0.6 is 23.4 Å². The molecule has 1 aromatic rings. The minimum atomic E-state index is -0.418. The van der Waals surface area contributed by atoms with E-state index >= 15 is 0 Å². The summed E-state index contributed by atoms with van der Waals surface area (Å²) in [6.07, 6.45) is 0. The number of carbonyl (C=O) groups excluding carboxylic acids is 2.